The van der Waals surface area contributed by atoms with Gasteiger partial charge in [-0.2, -0.15) is 4.72 Å². The van der Waals surface area contributed by atoms with Crippen molar-refractivity contribution >= 4 is 27.3 Å². The highest BCUT2D eigenvalue weighted by molar-refractivity contribution is 7.91. The molecule has 26 heavy (non-hydrogen) atoms. The standard InChI is InChI=1S/C16H15N3O5S2/c1-11(15-18-19-16(24-15)12-6-3-2-4-7-12)23-13(20)10-17-26(21,22)14-8-5-9-25-14/h2-9,11,17H,10H2,1H3. The number of aromatic nitrogens is 2. The number of nitrogens with one attached hydrogen (secondary N) is 1. The highest BCUT2D eigenvalue weighted by Gasteiger charge is 2.21. The Labute approximate surface area is 153 Å². The van der Waals surface area contributed by atoms with E-state index in [9.17, 15) is 13.2 Å². The summed E-state index contributed by atoms with van der Waals surface area (Å²) in [5.74, 6) is -0.322. The van der Waals surface area contributed by atoms with Crippen LogP contribution in [0.4, 0.5) is 0 Å². The van der Waals surface area contributed by atoms with E-state index < -0.39 is 28.6 Å². The van der Waals surface area contributed by atoms with Gasteiger partial charge in [-0.1, -0.05) is 24.3 Å². The van der Waals surface area contributed by atoms with Crippen LogP contribution < -0.4 is 4.72 Å². The topological polar surface area (TPSA) is 111 Å². The van der Waals surface area contributed by atoms with Gasteiger partial charge in [0.1, 0.15) is 10.8 Å². The molecule has 0 amide bonds. The minimum absolute atomic E-state index is 0.123. The second-order valence-corrected chi connectivity index (χ2v) is 8.14. The third kappa shape index (κ3) is 4.34. The van der Waals surface area contributed by atoms with Crippen molar-refractivity contribution in [1.82, 2.24) is 14.9 Å². The monoisotopic (exact) mass is 393 g/mol. The Morgan fingerprint density at radius 3 is 2.69 bits per heavy atom. The average molecular weight is 393 g/mol. The fraction of sp³-hybridized carbons (Fsp3) is 0.188. The number of sulfonamides is 1. The predicted molar refractivity (Wildman–Crippen MR) is 93.7 cm³/mol. The molecule has 8 nitrogen and oxygen atoms in total. The Balaban J connectivity index is 1.57. The SMILES string of the molecule is CC(OC(=O)CNS(=O)(=O)c1cccs1)c1nnc(-c2ccccc2)o1. The van der Waals surface area contributed by atoms with Crippen molar-refractivity contribution in [2.75, 3.05) is 6.54 Å². The van der Waals surface area contributed by atoms with Crippen LogP contribution >= 0.6 is 11.3 Å². The van der Waals surface area contributed by atoms with E-state index in [1.54, 1.807) is 18.4 Å². The first-order chi connectivity index (χ1) is 12.5. The molecule has 0 aliphatic heterocycles. The van der Waals surface area contributed by atoms with Crippen LogP contribution in [0.1, 0.15) is 18.9 Å². The molecule has 0 saturated heterocycles. The van der Waals surface area contributed by atoms with Crippen molar-refractivity contribution in [3.05, 3.63) is 53.7 Å². The number of nitrogens with zero attached hydrogens (tertiary/aromatic N) is 2. The number of carbonyl (C=O) groups excluding carboxylic acids is 1. The second kappa shape index (κ2) is 7.77. The van der Waals surface area contributed by atoms with Crippen LogP contribution in [0, 0.1) is 0 Å². The number of ether oxygens (including phenoxy) is 1. The lowest BCUT2D eigenvalue weighted by Gasteiger charge is -2.10. The van der Waals surface area contributed by atoms with E-state index in [4.69, 9.17) is 9.15 Å². The minimum atomic E-state index is -3.73. The number of rotatable bonds is 7. The third-order valence-electron chi connectivity index (χ3n) is 3.28. The Hall–Kier alpha value is -2.56. The van der Waals surface area contributed by atoms with E-state index in [1.165, 1.54) is 6.07 Å². The molecule has 1 aromatic carbocycles. The number of benzene rings is 1. The van der Waals surface area contributed by atoms with E-state index in [-0.39, 0.29) is 10.1 Å². The molecule has 1 unspecified atom stereocenters. The van der Waals surface area contributed by atoms with Crippen LogP contribution in [0.25, 0.3) is 11.5 Å². The molecular weight excluding hydrogens is 378 g/mol. The second-order valence-electron chi connectivity index (χ2n) is 5.20. The van der Waals surface area contributed by atoms with Gasteiger partial charge in [0.25, 0.3) is 15.9 Å². The van der Waals surface area contributed by atoms with Gasteiger partial charge >= 0.3 is 5.97 Å². The predicted octanol–water partition coefficient (Wildman–Crippen LogP) is 2.38. The first-order valence-electron chi connectivity index (χ1n) is 7.57. The molecule has 3 aromatic rings. The zero-order chi connectivity index (χ0) is 18.6. The first-order valence-corrected chi connectivity index (χ1v) is 9.93. The van der Waals surface area contributed by atoms with Gasteiger partial charge < -0.3 is 9.15 Å². The number of hydrogen-bond acceptors (Lipinski definition) is 8. The quantitative estimate of drug-likeness (QED) is 0.613. The molecule has 1 atom stereocenters. The van der Waals surface area contributed by atoms with Gasteiger partial charge in [0.05, 0.1) is 0 Å². The van der Waals surface area contributed by atoms with Gasteiger partial charge in [-0.25, -0.2) is 8.42 Å². The third-order valence-corrected chi connectivity index (χ3v) is 6.08. The molecular formula is C16H15N3O5S2. The molecule has 0 bridgehead atoms. The van der Waals surface area contributed by atoms with Crippen LogP contribution in [0.15, 0.2) is 56.5 Å². The van der Waals surface area contributed by atoms with Gasteiger partial charge in [0, 0.05) is 5.56 Å². The summed E-state index contributed by atoms with van der Waals surface area (Å²) in [7, 11) is -3.73. The number of esters is 1. The Bertz CT molecular complexity index is 969. The van der Waals surface area contributed by atoms with E-state index in [0.29, 0.717) is 5.89 Å². The summed E-state index contributed by atoms with van der Waals surface area (Å²) < 4.78 is 36.9. The largest absolute Gasteiger partial charge is 0.452 e. The van der Waals surface area contributed by atoms with E-state index in [2.05, 4.69) is 14.9 Å². The van der Waals surface area contributed by atoms with Crippen molar-refractivity contribution in [3.63, 3.8) is 0 Å². The normalized spacial score (nSPS) is 12.7. The summed E-state index contributed by atoms with van der Waals surface area (Å²) in [5.41, 5.74) is 0.744. The molecule has 0 radical (unpaired) electrons. The summed E-state index contributed by atoms with van der Waals surface area (Å²) in [6.45, 7) is 1.07. The molecule has 2 heterocycles. The van der Waals surface area contributed by atoms with Crippen molar-refractivity contribution in [2.45, 2.75) is 17.2 Å². The number of hydrogen-bond donors (Lipinski definition) is 1. The highest BCUT2D eigenvalue weighted by atomic mass is 32.2. The summed E-state index contributed by atoms with van der Waals surface area (Å²) in [4.78, 5) is 11.9. The maximum Gasteiger partial charge on any atom is 0.321 e. The highest BCUT2D eigenvalue weighted by Crippen LogP contribution is 2.22. The van der Waals surface area contributed by atoms with Crippen molar-refractivity contribution < 1.29 is 22.4 Å². The number of thiophene rings is 1. The lowest BCUT2D eigenvalue weighted by molar-refractivity contribution is -0.148. The molecule has 1 N–H and O–H groups in total. The smallest absolute Gasteiger partial charge is 0.321 e. The van der Waals surface area contributed by atoms with Crippen molar-refractivity contribution in [1.29, 1.82) is 0 Å². The molecule has 0 spiro atoms. The molecule has 0 saturated carbocycles. The van der Waals surface area contributed by atoms with Crippen molar-refractivity contribution in [3.8, 4) is 11.5 Å². The molecule has 0 aliphatic carbocycles. The van der Waals surface area contributed by atoms with Crippen LogP contribution in [-0.4, -0.2) is 31.1 Å². The molecule has 0 aliphatic rings. The Morgan fingerprint density at radius 1 is 1.23 bits per heavy atom. The molecule has 136 valence electrons. The van der Waals surface area contributed by atoms with Gasteiger partial charge in [-0.15, -0.1) is 21.5 Å². The van der Waals surface area contributed by atoms with Gasteiger partial charge in [0.2, 0.25) is 5.89 Å². The molecule has 3 rings (SSSR count). The number of carbonyl (C=O) groups is 1. The summed E-state index contributed by atoms with van der Waals surface area (Å²) in [5, 5.41) is 9.41. The fourth-order valence-electron chi connectivity index (χ4n) is 2.03. The van der Waals surface area contributed by atoms with E-state index in [0.717, 1.165) is 16.9 Å². The van der Waals surface area contributed by atoms with Gasteiger partial charge in [0.15, 0.2) is 6.10 Å². The average Bonchev–Trinajstić information content (AvgIpc) is 3.33. The summed E-state index contributed by atoms with van der Waals surface area (Å²) in [6, 6.07) is 12.2. The minimum Gasteiger partial charge on any atom is -0.452 e. The van der Waals surface area contributed by atoms with Crippen LogP contribution in [-0.2, 0) is 19.6 Å². The van der Waals surface area contributed by atoms with Crippen molar-refractivity contribution in [2.24, 2.45) is 0 Å². The maximum atomic E-state index is 12.0. The first kappa shape index (κ1) is 18.2. The molecule has 2 aromatic heterocycles. The van der Waals surface area contributed by atoms with Gasteiger partial charge in [-0.3, -0.25) is 4.79 Å². The zero-order valence-corrected chi connectivity index (χ0v) is 15.3. The van der Waals surface area contributed by atoms with Crippen LogP contribution in [0.2, 0.25) is 0 Å². The maximum absolute atomic E-state index is 12.0. The molecule has 0 fully saturated rings. The van der Waals surface area contributed by atoms with Crippen LogP contribution in [0.5, 0.6) is 0 Å². The summed E-state index contributed by atoms with van der Waals surface area (Å²) >= 11 is 1.06. The van der Waals surface area contributed by atoms with Gasteiger partial charge in [-0.05, 0) is 30.5 Å². The lowest BCUT2D eigenvalue weighted by atomic mass is 10.2. The zero-order valence-electron chi connectivity index (χ0n) is 13.7. The molecule has 10 heteroatoms. The Kier molecular flexibility index (Phi) is 5.45. The van der Waals surface area contributed by atoms with E-state index >= 15 is 0 Å². The Morgan fingerprint density at radius 2 is 2.00 bits per heavy atom. The lowest BCUT2D eigenvalue weighted by Crippen LogP contribution is -2.30. The van der Waals surface area contributed by atoms with E-state index in [1.807, 2.05) is 30.3 Å². The summed E-state index contributed by atoms with van der Waals surface area (Å²) in [6.07, 6.45) is -0.807. The van der Waals surface area contributed by atoms with Crippen LogP contribution in [0.3, 0.4) is 0 Å². The fourth-order valence-corrected chi connectivity index (χ4v) is 4.03.